The molecule has 0 spiro atoms. The molecule has 0 heterocycles. The second-order valence-electron chi connectivity index (χ2n) is 15.2. The van der Waals surface area contributed by atoms with Gasteiger partial charge in [0.05, 0.1) is 10.4 Å². The molecule has 5 rings (SSSR count). The number of carbonyl (C=O) groups excluding carboxylic acids is 2. The average Bonchev–Trinajstić information content (AvgIpc) is 3.30. The molecule has 11 atom stereocenters. The summed E-state index contributed by atoms with van der Waals surface area (Å²) in [4.78, 5) is 26.7. The molecule has 4 aliphatic rings. The second-order valence-corrected chi connectivity index (χ2v) is 16.2. The Morgan fingerprint density at radius 3 is 2.39 bits per heavy atom. The van der Waals surface area contributed by atoms with Crippen LogP contribution in [-0.2, 0) is 9.53 Å². The zero-order chi connectivity index (χ0) is 29.7. The molecule has 5 heteroatoms. The van der Waals surface area contributed by atoms with E-state index < -0.39 is 17.1 Å². The van der Waals surface area contributed by atoms with Gasteiger partial charge in [0.15, 0.2) is 5.78 Å². The Labute approximate surface area is 256 Å². The minimum absolute atomic E-state index is 0.0785. The minimum Gasteiger partial charge on any atom is -0.459 e. The van der Waals surface area contributed by atoms with E-state index >= 15 is 0 Å². The first-order valence-corrected chi connectivity index (χ1v) is 17.5. The number of Topliss-reactive ketones (excluding diaryl/α,β-unsaturated/α-hetero) is 1. The van der Waals surface area contributed by atoms with E-state index in [1.807, 2.05) is 18.2 Å². The van der Waals surface area contributed by atoms with E-state index in [4.69, 9.17) is 4.74 Å². The molecule has 0 unspecified atom stereocenters. The maximum Gasteiger partial charge on any atom is 0.338 e. The number of halogens is 1. The third-order valence-electron chi connectivity index (χ3n) is 13.1. The first kappa shape index (κ1) is 31.2. The predicted octanol–water partition coefficient (Wildman–Crippen LogP) is 8.64. The van der Waals surface area contributed by atoms with Crippen LogP contribution >= 0.6 is 15.9 Å². The number of carbonyl (C=O) groups is 2. The fraction of sp³-hybridized carbons (Fsp3) is 0.778. The quantitative estimate of drug-likeness (QED) is 0.231. The summed E-state index contributed by atoms with van der Waals surface area (Å²) in [6, 6.07) is 9.00. The lowest BCUT2D eigenvalue weighted by Crippen LogP contribution is -2.70. The number of rotatable bonds is 8. The molecule has 1 aromatic rings. The van der Waals surface area contributed by atoms with Gasteiger partial charge in [-0.25, -0.2) is 4.79 Å². The van der Waals surface area contributed by atoms with Gasteiger partial charge < -0.3 is 9.84 Å². The van der Waals surface area contributed by atoms with Crippen LogP contribution < -0.4 is 0 Å². The molecule has 0 aliphatic heterocycles. The van der Waals surface area contributed by atoms with Crippen molar-refractivity contribution >= 4 is 27.7 Å². The molecule has 4 saturated carbocycles. The summed E-state index contributed by atoms with van der Waals surface area (Å²) in [6.45, 7) is 14.3. The summed E-state index contributed by atoms with van der Waals surface area (Å²) in [5.74, 6) is 3.55. The lowest BCUT2D eigenvalue weighted by atomic mass is 9.42. The van der Waals surface area contributed by atoms with Gasteiger partial charge in [0, 0.05) is 11.8 Å². The maximum absolute atomic E-state index is 14.2. The first-order chi connectivity index (χ1) is 19.4. The Morgan fingerprint density at radius 1 is 1.02 bits per heavy atom. The van der Waals surface area contributed by atoms with Crippen LogP contribution in [0.5, 0.6) is 0 Å². The molecule has 4 nitrogen and oxygen atoms in total. The fourth-order valence-corrected chi connectivity index (χ4v) is 11.6. The van der Waals surface area contributed by atoms with E-state index in [2.05, 4.69) is 57.5 Å². The number of hydrogen-bond acceptors (Lipinski definition) is 4. The highest BCUT2D eigenvalue weighted by molar-refractivity contribution is 9.10. The molecule has 0 saturated heterocycles. The molecule has 4 fully saturated rings. The predicted molar refractivity (Wildman–Crippen MR) is 168 cm³/mol. The molecule has 41 heavy (non-hydrogen) atoms. The Kier molecular flexibility index (Phi) is 8.92. The number of fused-ring (bicyclic) bond motifs is 5. The zero-order valence-corrected chi connectivity index (χ0v) is 27.8. The van der Waals surface area contributed by atoms with Crippen molar-refractivity contribution in [3.8, 4) is 0 Å². The molecular weight excluding hydrogens is 576 g/mol. The van der Waals surface area contributed by atoms with Crippen molar-refractivity contribution in [1.82, 2.24) is 0 Å². The van der Waals surface area contributed by atoms with Gasteiger partial charge in [0.2, 0.25) is 0 Å². The van der Waals surface area contributed by atoms with Gasteiger partial charge in [-0.1, -0.05) is 88.5 Å². The van der Waals surface area contributed by atoms with E-state index in [1.165, 1.54) is 38.5 Å². The monoisotopic (exact) mass is 628 g/mol. The van der Waals surface area contributed by atoms with E-state index in [0.29, 0.717) is 36.2 Å². The summed E-state index contributed by atoms with van der Waals surface area (Å²) in [5, 5.41) is 12.2. The summed E-state index contributed by atoms with van der Waals surface area (Å²) in [6.07, 6.45) is 9.72. The first-order valence-electron chi connectivity index (χ1n) is 16.5. The van der Waals surface area contributed by atoms with Gasteiger partial charge in [-0.2, -0.15) is 0 Å². The molecule has 0 amide bonds. The number of ether oxygens (including phenoxy) is 1. The van der Waals surface area contributed by atoms with Gasteiger partial charge in [0.25, 0.3) is 0 Å². The van der Waals surface area contributed by atoms with Crippen LogP contribution in [-0.4, -0.2) is 33.4 Å². The normalized spacial score (nSPS) is 41.7. The molecular formula is C36H53BrO4. The molecule has 1 aromatic carbocycles. The van der Waals surface area contributed by atoms with Crippen molar-refractivity contribution in [2.75, 3.05) is 0 Å². The number of hydrogen-bond donors (Lipinski definition) is 1. The SMILES string of the molecule is CC[C@@H](CC[C@@H](C)[C@H]1CC[C@H]2[C@@H]3[C@H](Br)C(=O)[C@@]4(O)C[C@@H](OC(=O)c5ccccc5)CC[C@]4(C)[C@H]3CC[C@]12C)C(C)C. The highest BCUT2D eigenvalue weighted by atomic mass is 79.9. The number of aliphatic hydroxyl groups is 1. The van der Waals surface area contributed by atoms with Gasteiger partial charge in [0.1, 0.15) is 11.7 Å². The maximum atomic E-state index is 14.2. The molecule has 0 radical (unpaired) electrons. The molecule has 4 aliphatic carbocycles. The van der Waals surface area contributed by atoms with Crippen LogP contribution in [0.15, 0.2) is 30.3 Å². The van der Waals surface area contributed by atoms with Crippen molar-refractivity contribution in [3.05, 3.63) is 35.9 Å². The molecule has 1 N–H and O–H groups in total. The van der Waals surface area contributed by atoms with E-state index in [0.717, 1.165) is 18.3 Å². The van der Waals surface area contributed by atoms with Crippen molar-refractivity contribution in [2.24, 2.45) is 52.3 Å². The topological polar surface area (TPSA) is 63.6 Å². The van der Waals surface area contributed by atoms with Crippen molar-refractivity contribution in [2.45, 2.75) is 122 Å². The Bertz CT molecular complexity index is 1100. The lowest BCUT2D eigenvalue weighted by Gasteiger charge is -2.64. The summed E-state index contributed by atoms with van der Waals surface area (Å²) in [5.41, 5.74) is -1.22. The Balaban J connectivity index is 1.33. The van der Waals surface area contributed by atoms with Crippen LogP contribution in [0.4, 0.5) is 0 Å². The summed E-state index contributed by atoms with van der Waals surface area (Å²) in [7, 11) is 0. The van der Waals surface area contributed by atoms with E-state index in [-0.39, 0.29) is 40.3 Å². The van der Waals surface area contributed by atoms with E-state index in [1.54, 1.807) is 12.1 Å². The van der Waals surface area contributed by atoms with Gasteiger partial charge in [-0.05, 0) is 104 Å². The number of esters is 1. The van der Waals surface area contributed by atoms with Crippen LogP contribution in [0.25, 0.3) is 0 Å². The molecule has 0 aromatic heterocycles. The summed E-state index contributed by atoms with van der Waals surface area (Å²) < 4.78 is 5.88. The highest BCUT2D eigenvalue weighted by Gasteiger charge is 2.70. The van der Waals surface area contributed by atoms with Crippen molar-refractivity contribution in [3.63, 3.8) is 0 Å². The van der Waals surface area contributed by atoms with Gasteiger partial charge >= 0.3 is 5.97 Å². The Hall–Kier alpha value is -1.20. The molecule has 0 bridgehead atoms. The lowest BCUT2D eigenvalue weighted by molar-refractivity contribution is -0.211. The third kappa shape index (κ3) is 5.17. The average molecular weight is 630 g/mol. The molecule has 228 valence electrons. The number of ketones is 1. The summed E-state index contributed by atoms with van der Waals surface area (Å²) >= 11 is 3.90. The standard InChI is InChI=1S/C36H53BrO4/c1-7-24(22(2)3)14-13-23(4)27-15-16-28-30-29(18-19-34(27,28)5)35(6)20-17-26(21-36(35,40)32(38)31(30)37)41-33(39)25-11-9-8-10-12-25/h8-12,22-24,26-31,40H,7,13-21H2,1-6H3/t23-,24+,26+,27-,28+,29+,30+,31+,34-,35-,36+/m1/s1. The van der Waals surface area contributed by atoms with Gasteiger partial charge in [-0.15, -0.1) is 0 Å². The minimum atomic E-state index is -1.48. The zero-order valence-electron chi connectivity index (χ0n) is 26.2. The smallest absolute Gasteiger partial charge is 0.338 e. The van der Waals surface area contributed by atoms with Crippen molar-refractivity contribution in [1.29, 1.82) is 0 Å². The number of benzene rings is 1. The largest absolute Gasteiger partial charge is 0.459 e. The van der Waals surface area contributed by atoms with Gasteiger partial charge in [-0.3, -0.25) is 4.79 Å². The third-order valence-corrected chi connectivity index (χ3v) is 14.1. The van der Waals surface area contributed by atoms with Crippen LogP contribution in [0.2, 0.25) is 0 Å². The Morgan fingerprint density at radius 2 is 1.73 bits per heavy atom. The van der Waals surface area contributed by atoms with Crippen LogP contribution in [0.1, 0.15) is 116 Å². The second kappa shape index (κ2) is 11.7. The van der Waals surface area contributed by atoms with Crippen LogP contribution in [0.3, 0.4) is 0 Å². The fourth-order valence-electron chi connectivity index (χ4n) is 10.5. The van der Waals surface area contributed by atoms with Crippen LogP contribution in [0, 0.1) is 52.3 Å². The highest BCUT2D eigenvalue weighted by Crippen LogP contribution is 2.69. The number of alkyl halides is 1. The van der Waals surface area contributed by atoms with E-state index in [9.17, 15) is 14.7 Å². The van der Waals surface area contributed by atoms with Crippen molar-refractivity contribution < 1.29 is 19.4 Å².